The number of esters is 1. The minimum absolute atomic E-state index is 0.115. The molecule has 0 spiro atoms. The second-order valence-corrected chi connectivity index (χ2v) is 13.7. The quantitative estimate of drug-likeness (QED) is 0.0307. The lowest BCUT2D eigenvalue weighted by Gasteiger charge is -2.39. The van der Waals surface area contributed by atoms with Crippen LogP contribution in [0.15, 0.2) is 24.3 Å². The van der Waals surface area contributed by atoms with Gasteiger partial charge in [-0.2, -0.15) is 0 Å². The zero-order valence-electron chi connectivity index (χ0n) is 31.2. The van der Waals surface area contributed by atoms with Gasteiger partial charge in [-0.15, -0.1) is 0 Å². The Morgan fingerprint density at radius 2 is 1.18 bits per heavy atom. The van der Waals surface area contributed by atoms with Crippen molar-refractivity contribution in [1.82, 2.24) is 0 Å². The minimum Gasteiger partial charge on any atom is -0.457 e. The summed E-state index contributed by atoms with van der Waals surface area (Å²) in [5, 5.41) is 39.9. The third kappa shape index (κ3) is 24.5. The lowest BCUT2D eigenvalue weighted by Crippen LogP contribution is -2.59. The van der Waals surface area contributed by atoms with Gasteiger partial charge in [-0.1, -0.05) is 134 Å². The summed E-state index contributed by atoms with van der Waals surface area (Å²) < 4.78 is 22.7. The Kier molecular flexibility index (Phi) is 30.4. The Balaban J connectivity index is 2.29. The normalized spacial score (nSPS) is 22.0. The molecule has 1 aliphatic heterocycles. The summed E-state index contributed by atoms with van der Waals surface area (Å²) in [6.07, 6.45) is 27.8. The number of unbranched alkanes of at least 4 members (excludes halogenated alkanes) is 18. The second-order valence-electron chi connectivity index (χ2n) is 13.7. The number of ether oxygens (including phenoxy) is 4. The molecular formula is C40H74O9. The smallest absolute Gasteiger partial charge is 0.306 e. The van der Waals surface area contributed by atoms with E-state index in [0.717, 1.165) is 51.4 Å². The fourth-order valence-electron chi connectivity index (χ4n) is 5.93. The topological polar surface area (TPSA) is 135 Å². The average Bonchev–Trinajstić information content (AvgIpc) is 3.10. The highest BCUT2D eigenvalue weighted by molar-refractivity contribution is 5.69. The van der Waals surface area contributed by atoms with Gasteiger partial charge in [0.1, 0.15) is 30.5 Å². The van der Waals surface area contributed by atoms with Gasteiger partial charge in [0.15, 0.2) is 6.29 Å². The van der Waals surface area contributed by atoms with Gasteiger partial charge < -0.3 is 39.4 Å². The molecule has 1 aliphatic rings. The molecular weight excluding hydrogens is 624 g/mol. The van der Waals surface area contributed by atoms with Gasteiger partial charge in [-0.3, -0.25) is 4.79 Å². The Bertz CT molecular complexity index is 803. The van der Waals surface area contributed by atoms with Gasteiger partial charge in [0.2, 0.25) is 0 Å². The molecule has 4 N–H and O–H groups in total. The van der Waals surface area contributed by atoms with E-state index >= 15 is 0 Å². The van der Waals surface area contributed by atoms with E-state index in [0.29, 0.717) is 13.0 Å². The molecule has 6 atom stereocenters. The summed E-state index contributed by atoms with van der Waals surface area (Å²) >= 11 is 0. The number of allylic oxidation sites excluding steroid dienone is 4. The first-order valence-electron chi connectivity index (χ1n) is 19.9. The fourth-order valence-corrected chi connectivity index (χ4v) is 5.93. The Morgan fingerprint density at radius 3 is 1.78 bits per heavy atom. The van der Waals surface area contributed by atoms with Crippen molar-refractivity contribution in [2.24, 2.45) is 0 Å². The predicted molar refractivity (Wildman–Crippen MR) is 196 cm³/mol. The lowest BCUT2D eigenvalue weighted by molar-refractivity contribution is -0.305. The Hall–Kier alpha value is -1.33. The van der Waals surface area contributed by atoms with Crippen LogP contribution in [0.25, 0.3) is 0 Å². The molecule has 0 aromatic carbocycles. The van der Waals surface area contributed by atoms with Crippen LogP contribution in [0, 0.1) is 0 Å². The molecule has 0 amide bonds. The van der Waals surface area contributed by atoms with E-state index in [1.54, 1.807) is 0 Å². The summed E-state index contributed by atoms with van der Waals surface area (Å²) in [5.41, 5.74) is 0. The first-order chi connectivity index (χ1) is 23.9. The van der Waals surface area contributed by atoms with Gasteiger partial charge in [-0.25, -0.2) is 0 Å². The van der Waals surface area contributed by atoms with E-state index in [9.17, 15) is 25.2 Å². The molecule has 1 saturated heterocycles. The molecule has 9 heteroatoms. The highest BCUT2D eigenvalue weighted by atomic mass is 16.7. The standard InChI is InChI=1S/C40H74O9/c1-3-5-7-9-11-13-14-15-16-17-18-19-20-22-24-26-28-30-46-32-34(33-47-40-39(45)38(44)37(43)35(31-41)49-40)48-36(42)29-27-25-23-21-12-10-8-6-4-2/h13-14,16-17,34-35,37-41,43-45H,3-12,15,18-33H2,1-2H3/b14-13-,17-16-. The second kappa shape index (κ2) is 32.6. The van der Waals surface area contributed by atoms with Crippen molar-refractivity contribution in [3.63, 3.8) is 0 Å². The highest BCUT2D eigenvalue weighted by Gasteiger charge is 2.44. The van der Waals surface area contributed by atoms with Crippen molar-refractivity contribution >= 4 is 5.97 Å². The fraction of sp³-hybridized carbons (Fsp3) is 0.875. The third-order valence-electron chi connectivity index (χ3n) is 9.12. The van der Waals surface area contributed by atoms with Gasteiger partial charge in [0, 0.05) is 13.0 Å². The highest BCUT2D eigenvalue weighted by Crippen LogP contribution is 2.22. The number of hydrogen-bond donors (Lipinski definition) is 4. The van der Waals surface area contributed by atoms with Crippen molar-refractivity contribution < 1.29 is 44.2 Å². The zero-order chi connectivity index (χ0) is 35.8. The molecule has 0 saturated carbocycles. The molecule has 1 fully saturated rings. The van der Waals surface area contributed by atoms with Crippen LogP contribution in [-0.2, 0) is 23.7 Å². The maximum absolute atomic E-state index is 12.6. The zero-order valence-corrected chi connectivity index (χ0v) is 31.2. The molecule has 9 nitrogen and oxygen atoms in total. The third-order valence-corrected chi connectivity index (χ3v) is 9.12. The van der Waals surface area contributed by atoms with Crippen LogP contribution < -0.4 is 0 Å². The van der Waals surface area contributed by atoms with Crippen LogP contribution in [0.2, 0.25) is 0 Å². The Morgan fingerprint density at radius 1 is 0.653 bits per heavy atom. The van der Waals surface area contributed by atoms with Gasteiger partial charge in [0.25, 0.3) is 0 Å². The van der Waals surface area contributed by atoms with Crippen LogP contribution in [-0.4, -0.2) is 89.6 Å². The van der Waals surface area contributed by atoms with Crippen molar-refractivity contribution in [2.45, 2.75) is 198 Å². The molecule has 49 heavy (non-hydrogen) atoms. The summed E-state index contributed by atoms with van der Waals surface area (Å²) in [7, 11) is 0. The predicted octanol–water partition coefficient (Wildman–Crippen LogP) is 7.86. The van der Waals surface area contributed by atoms with E-state index in [-0.39, 0.29) is 19.2 Å². The largest absolute Gasteiger partial charge is 0.457 e. The summed E-state index contributed by atoms with van der Waals surface area (Å²) in [6.45, 7) is 4.49. The molecule has 1 heterocycles. The lowest BCUT2D eigenvalue weighted by atomic mass is 9.99. The molecule has 0 aromatic rings. The van der Waals surface area contributed by atoms with Crippen molar-refractivity contribution in [2.75, 3.05) is 26.4 Å². The number of aliphatic hydroxyl groups excluding tert-OH is 4. The van der Waals surface area contributed by atoms with E-state index < -0.39 is 43.4 Å². The molecule has 0 aromatic heterocycles. The average molecular weight is 699 g/mol. The van der Waals surface area contributed by atoms with Gasteiger partial charge in [0.05, 0.1) is 19.8 Å². The summed E-state index contributed by atoms with van der Waals surface area (Å²) in [4.78, 5) is 12.6. The summed E-state index contributed by atoms with van der Waals surface area (Å²) in [5.74, 6) is -0.321. The SMILES string of the molecule is CCCCCC/C=C\C/C=C\CCCCCCCCOCC(COC1OC(CO)C(O)C(O)C1O)OC(=O)CCCCCCCCCCC. The van der Waals surface area contributed by atoms with Crippen LogP contribution >= 0.6 is 0 Å². The number of rotatable bonds is 33. The molecule has 1 rings (SSSR count). The van der Waals surface area contributed by atoms with E-state index in [4.69, 9.17) is 18.9 Å². The first-order valence-corrected chi connectivity index (χ1v) is 19.9. The van der Waals surface area contributed by atoms with Crippen LogP contribution in [0.5, 0.6) is 0 Å². The van der Waals surface area contributed by atoms with Crippen molar-refractivity contribution in [1.29, 1.82) is 0 Å². The van der Waals surface area contributed by atoms with E-state index in [1.807, 2.05) is 0 Å². The molecule has 0 aliphatic carbocycles. The molecule has 288 valence electrons. The Labute approximate surface area is 298 Å². The monoisotopic (exact) mass is 699 g/mol. The van der Waals surface area contributed by atoms with Crippen LogP contribution in [0.4, 0.5) is 0 Å². The van der Waals surface area contributed by atoms with Crippen molar-refractivity contribution in [3.8, 4) is 0 Å². The number of carbonyl (C=O) groups is 1. The van der Waals surface area contributed by atoms with E-state index in [2.05, 4.69) is 38.2 Å². The van der Waals surface area contributed by atoms with Gasteiger partial charge >= 0.3 is 5.97 Å². The number of hydrogen-bond acceptors (Lipinski definition) is 9. The van der Waals surface area contributed by atoms with E-state index in [1.165, 1.54) is 89.9 Å². The first kappa shape index (κ1) is 45.7. The summed E-state index contributed by atoms with van der Waals surface area (Å²) in [6, 6.07) is 0. The van der Waals surface area contributed by atoms with Crippen LogP contribution in [0.3, 0.4) is 0 Å². The maximum Gasteiger partial charge on any atom is 0.306 e. The minimum atomic E-state index is -1.53. The maximum atomic E-state index is 12.6. The molecule has 0 radical (unpaired) electrons. The molecule has 0 bridgehead atoms. The van der Waals surface area contributed by atoms with Gasteiger partial charge in [-0.05, 0) is 44.9 Å². The van der Waals surface area contributed by atoms with Crippen LogP contribution in [0.1, 0.15) is 162 Å². The molecule has 6 unspecified atom stereocenters. The number of aliphatic hydroxyl groups is 4. The van der Waals surface area contributed by atoms with Crippen molar-refractivity contribution in [3.05, 3.63) is 24.3 Å². The number of carbonyl (C=O) groups excluding carboxylic acids is 1.